The Labute approximate surface area is 255 Å². The molecule has 1 fully saturated rings. The van der Waals surface area contributed by atoms with Crippen LogP contribution in [0.15, 0.2) is 42.5 Å². The molecule has 0 atom stereocenters. The number of hydrogen-bond acceptors (Lipinski definition) is 6. The first-order valence-electron chi connectivity index (χ1n) is 14.4. The molecule has 1 N–H and O–H groups in total. The lowest BCUT2D eigenvalue weighted by atomic mass is 10.00. The van der Waals surface area contributed by atoms with Crippen molar-refractivity contribution in [2.75, 3.05) is 31.1 Å². The van der Waals surface area contributed by atoms with Crippen molar-refractivity contribution in [1.29, 1.82) is 0 Å². The van der Waals surface area contributed by atoms with Gasteiger partial charge in [-0.2, -0.15) is 31.3 Å². The van der Waals surface area contributed by atoms with E-state index >= 15 is 0 Å². The highest BCUT2D eigenvalue weighted by Gasteiger charge is 2.38. The fraction of sp³-hybridized carbons (Fsp3) is 0.419. The number of anilines is 1. The molecule has 5 rings (SSSR count). The maximum atomic E-state index is 14.2. The standard InChI is InChI=1S/C31H31F6N5O3/c1-18-6-3-4-7-24(18)26-25-27(40-29(39-26)41-11-8-23(9-12-41)38-19(2)43)45-13-5-10-42(28(25)44)17-20-14-21(30(32,33)34)16-22(15-20)31(35,36)37/h3-4,6-7,14-16,23H,5,8-13,17H2,1-2H3,(H,38,43). The van der Waals surface area contributed by atoms with Gasteiger partial charge in [-0.05, 0) is 55.5 Å². The minimum absolute atomic E-state index is 0.000904. The molecular weight excluding hydrogens is 604 g/mol. The van der Waals surface area contributed by atoms with Crippen LogP contribution in [-0.4, -0.2) is 59.0 Å². The fourth-order valence-electron chi connectivity index (χ4n) is 5.58. The van der Waals surface area contributed by atoms with Gasteiger partial charge in [-0.3, -0.25) is 9.59 Å². The van der Waals surface area contributed by atoms with E-state index in [-0.39, 0.29) is 60.3 Å². The molecule has 3 aromatic rings. The molecule has 2 aliphatic heterocycles. The van der Waals surface area contributed by atoms with E-state index in [1.54, 1.807) is 12.1 Å². The number of piperidine rings is 1. The molecule has 2 aliphatic rings. The molecule has 45 heavy (non-hydrogen) atoms. The van der Waals surface area contributed by atoms with Gasteiger partial charge in [0.2, 0.25) is 17.7 Å². The number of alkyl halides is 6. The number of aryl methyl sites for hydroxylation is 1. The second-order valence-corrected chi connectivity index (χ2v) is 11.2. The van der Waals surface area contributed by atoms with Crippen molar-refractivity contribution in [3.63, 3.8) is 0 Å². The fourth-order valence-corrected chi connectivity index (χ4v) is 5.58. The van der Waals surface area contributed by atoms with Gasteiger partial charge in [0.25, 0.3) is 5.91 Å². The van der Waals surface area contributed by atoms with Crippen molar-refractivity contribution in [2.45, 2.75) is 58.0 Å². The number of nitrogens with zero attached hydrogens (tertiary/aromatic N) is 4. The van der Waals surface area contributed by atoms with Crippen molar-refractivity contribution < 1.29 is 40.7 Å². The average molecular weight is 636 g/mol. The number of halogens is 6. The van der Waals surface area contributed by atoms with Crippen LogP contribution in [-0.2, 0) is 23.7 Å². The summed E-state index contributed by atoms with van der Waals surface area (Å²) in [4.78, 5) is 38.2. The zero-order chi connectivity index (χ0) is 32.5. The Morgan fingerprint density at radius 2 is 1.62 bits per heavy atom. The monoisotopic (exact) mass is 635 g/mol. The van der Waals surface area contributed by atoms with E-state index in [4.69, 9.17) is 9.72 Å². The van der Waals surface area contributed by atoms with E-state index in [1.807, 2.05) is 24.0 Å². The summed E-state index contributed by atoms with van der Waals surface area (Å²) >= 11 is 0. The molecule has 0 aliphatic carbocycles. The summed E-state index contributed by atoms with van der Waals surface area (Å²) in [7, 11) is 0. The summed E-state index contributed by atoms with van der Waals surface area (Å²) in [5.41, 5.74) is -1.62. The number of amides is 2. The van der Waals surface area contributed by atoms with E-state index < -0.39 is 35.9 Å². The molecule has 0 radical (unpaired) electrons. The number of benzene rings is 2. The highest BCUT2D eigenvalue weighted by atomic mass is 19.4. The largest absolute Gasteiger partial charge is 0.477 e. The number of aromatic nitrogens is 2. The number of nitrogens with one attached hydrogen (secondary N) is 1. The number of rotatable bonds is 5. The van der Waals surface area contributed by atoms with Gasteiger partial charge < -0.3 is 19.9 Å². The lowest BCUT2D eigenvalue weighted by Crippen LogP contribution is -2.44. The van der Waals surface area contributed by atoms with Crippen LogP contribution in [0.1, 0.15) is 58.8 Å². The zero-order valence-corrected chi connectivity index (χ0v) is 24.6. The van der Waals surface area contributed by atoms with Crippen LogP contribution in [0.2, 0.25) is 0 Å². The topological polar surface area (TPSA) is 87.7 Å². The predicted molar refractivity (Wildman–Crippen MR) is 153 cm³/mol. The van der Waals surface area contributed by atoms with Crippen LogP contribution in [0.25, 0.3) is 11.3 Å². The molecule has 0 bridgehead atoms. The van der Waals surface area contributed by atoms with Gasteiger partial charge in [-0.25, -0.2) is 4.98 Å². The van der Waals surface area contributed by atoms with Crippen LogP contribution in [0, 0.1) is 6.92 Å². The van der Waals surface area contributed by atoms with Gasteiger partial charge in [0.1, 0.15) is 5.56 Å². The molecule has 0 spiro atoms. The Balaban J connectivity index is 1.56. The maximum Gasteiger partial charge on any atom is 0.416 e. The summed E-state index contributed by atoms with van der Waals surface area (Å²) < 4.78 is 87.3. The summed E-state index contributed by atoms with van der Waals surface area (Å²) in [6, 6.07) is 8.50. The molecule has 1 saturated heterocycles. The third kappa shape index (κ3) is 7.31. The van der Waals surface area contributed by atoms with Crippen molar-refractivity contribution in [1.82, 2.24) is 20.2 Å². The van der Waals surface area contributed by atoms with Gasteiger partial charge >= 0.3 is 12.4 Å². The van der Waals surface area contributed by atoms with Crippen LogP contribution < -0.4 is 15.0 Å². The first-order valence-corrected chi connectivity index (χ1v) is 14.4. The third-order valence-electron chi connectivity index (χ3n) is 7.78. The van der Waals surface area contributed by atoms with E-state index in [2.05, 4.69) is 10.3 Å². The summed E-state index contributed by atoms with van der Waals surface area (Å²) in [6.07, 6.45) is -8.49. The van der Waals surface area contributed by atoms with Crippen molar-refractivity contribution in [3.8, 4) is 17.1 Å². The van der Waals surface area contributed by atoms with E-state index in [1.165, 1.54) is 11.8 Å². The second-order valence-electron chi connectivity index (χ2n) is 11.2. The van der Waals surface area contributed by atoms with E-state index in [9.17, 15) is 35.9 Å². The highest BCUT2D eigenvalue weighted by Crippen LogP contribution is 2.38. The lowest BCUT2D eigenvalue weighted by molar-refractivity contribution is -0.143. The average Bonchev–Trinajstić information content (AvgIpc) is 2.96. The Hall–Kier alpha value is -4.36. The number of hydrogen-bond donors (Lipinski definition) is 1. The van der Waals surface area contributed by atoms with E-state index in [0.717, 1.165) is 5.56 Å². The van der Waals surface area contributed by atoms with Gasteiger partial charge in [0, 0.05) is 44.7 Å². The van der Waals surface area contributed by atoms with Crippen LogP contribution in [0.5, 0.6) is 5.88 Å². The Morgan fingerprint density at radius 1 is 0.978 bits per heavy atom. The number of carbonyl (C=O) groups is 2. The summed E-state index contributed by atoms with van der Waals surface area (Å²) in [6.45, 7) is 3.94. The molecule has 240 valence electrons. The van der Waals surface area contributed by atoms with Gasteiger partial charge in [0.15, 0.2) is 0 Å². The van der Waals surface area contributed by atoms with E-state index in [0.29, 0.717) is 49.6 Å². The Kier molecular flexibility index (Phi) is 8.95. The molecule has 0 saturated carbocycles. The number of ether oxygens (including phenoxy) is 1. The molecule has 3 heterocycles. The third-order valence-corrected chi connectivity index (χ3v) is 7.78. The minimum atomic E-state index is -5.02. The van der Waals surface area contributed by atoms with Crippen molar-refractivity contribution in [2.24, 2.45) is 0 Å². The maximum absolute atomic E-state index is 14.2. The SMILES string of the molecule is CC(=O)NC1CCN(c2nc3c(c(-c4ccccc4C)n2)C(=O)N(Cc2cc(C(F)(F)F)cc(C(F)(F)F)c2)CCCO3)CC1. The molecular formula is C31H31F6N5O3. The second kappa shape index (κ2) is 12.6. The van der Waals surface area contributed by atoms with Crippen LogP contribution in [0.3, 0.4) is 0 Å². The first kappa shape index (κ1) is 32.0. The molecule has 0 unspecified atom stereocenters. The minimum Gasteiger partial charge on any atom is -0.477 e. The number of carbonyl (C=O) groups excluding carboxylic acids is 2. The van der Waals surface area contributed by atoms with Crippen molar-refractivity contribution in [3.05, 3.63) is 70.3 Å². The van der Waals surface area contributed by atoms with Crippen LogP contribution in [0.4, 0.5) is 32.3 Å². The number of fused-ring (bicyclic) bond motifs is 1. The molecule has 2 amide bonds. The predicted octanol–water partition coefficient (Wildman–Crippen LogP) is 6.02. The smallest absolute Gasteiger partial charge is 0.416 e. The Bertz CT molecular complexity index is 1550. The Morgan fingerprint density at radius 3 is 2.22 bits per heavy atom. The van der Waals surface area contributed by atoms with Gasteiger partial charge in [-0.15, -0.1) is 0 Å². The quantitative estimate of drug-likeness (QED) is 0.345. The molecule has 1 aromatic heterocycles. The van der Waals surface area contributed by atoms with Crippen molar-refractivity contribution >= 4 is 17.8 Å². The van der Waals surface area contributed by atoms with Gasteiger partial charge in [-0.1, -0.05) is 24.3 Å². The summed E-state index contributed by atoms with van der Waals surface area (Å²) in [5, 5.41) is 2.91. The van der Waals surface area contributed by atoms with Crippen LogP contribution >= 0.6 is 0 Å². The molecule has 14 heteroatoms. The lowest BCUT2D eigenvalue weighted by Gasteiger charge is -2.33. The highest BCUT2D eigenvalue weighted by molar-refractivity contribution is 6.02. The first-order chi connectivity index (χ1) is 21.2. The zero-order valence-electron chi connectivity index (χ0n) is 24.6. The van der Waals surface area contributed by atoms with Gasteiger partial charge in [0.05, 0.1) is 23.4 Å². The molecule has 8 nitrogen and oxygen atoms in total. The summed E-state index contributed by atoms with van der Waals surface area (Å²) in [5.74, 6) is -0.508. The normalized spacial score (nSPS) is 16.5. The molecule has 2 aromatic carbocycles.